The lowest BCUT2D eigenvalue weighted by molar-refractivity contribution is -0.145. The molecule has 0 atom stereocenters. The highest BCUT2D eigenvalue weighted by Gasteiger charge is 2.29. The largest absolute Gasteiger partial charge is 0.348 e. The number of hydrogen-bond donors (Lipinski definition) is 0. The van der Waals surface area contributed by atoms with Gasteiger partial charge in [-0.1, -0.05) is 37.8 Å². The summed E-state index contributed by atoms with van der Waals surface area (Å²) in [5, 5.41) is 8.42. The highest BCUT2D eigenvalue weighted by molar-refractivity contribution is 4.84. The molecule has 0 aromatic carbocycles. The number of ether oxygens (including phenoxy) is 2. The summed E-state index contributed by atoms with van der Waals surface area (Å²) in [6, 6.07) is 2.19. The van der Waals surface area contributed by atoms with Crippen LogP contribution in [0, 0.1) is 11.3 Å². The van der Waals surface area contributed by atoms with Crippen LogP contribution >= 0.6 is 0 Å². The van der Waals surface area contributed by atoms with E-state index >= 15 is 0 Å². The first-order valence-corrected chi connectivity index (χ1v) is 8.07. The third-order valence-electron chi connectivity index (χ3n) is 3.74. The van der Waals surface area contributed by atoms with Gasteiger partial charge in [-0.05, 0) is 32.6 Å². The molecule has 0 aromatic rings. The van der Waals surface area contributed by atoms with Crippen molar-refractivity contribution in [1.29, 1.82) is 5.26 Å². The molecular weight excluding hydrogens is 250 g/mol. The van der Waals surface area contributed by atoms with E-state index < -0.39 is 0 Å². The Morgan fingerprint density at radius 2 is 1.55 bits per heavy atom. The molecule has 0 radical (unpaired) electrons. The molecular formula is C17H29NO2. The number of rotatable bonds is 11. The van der Waals surface area contributed by atoms with Gasteiger partial charge in [0.05, 0.1) is 19.3 Å². The van der Waals surface area contributed by atoms with Crippen molar-refractivity contribution < 1.29 is 9.47 Å². The van der Waals surface area contributed by atoms with Gasteiger partial charge in [0, 0.05) is 12.8 Å². The van der Waals surface area contributed by atoms with Gasteiger partial charge in [0.1, 0.15) is 0 Å². The molecule has 0 spiro atoms. The second-order valence-corrected chi connectivity index (χ2v) is 5.66. The van der Waals surface area contributed by atoms with Gasteiger partial charge < -0.3 is 9.47 Å². The highest BCUT2D eigenvalue weighted by atomic mass is 16.7. The fraction of sp³-hybridized carbons (Fsp3) is 0.824. The van der Waals surface area contributed by atoms with E-state index in [0.29, 0.717) is 0 Å². The van der Waals surface area contributed by atoms with Crippen molar-refractivity contribution >= 4 is 0 Å². The Morgan fingerprint density at radius 3 is 2.25 bits per heavy atom. The van der Waals surface area contributed by atoms with Crippen LogP contribution in [0.15, 0.2) is 12.2 Å². The molecule has 0 amide bonds. The average molecular weight is 279 g/mol. The van der Waals surface area contributed by atoms with Crippen LogP contribution in [0.4, 0.5) is 0 Å². The van der Waals surface area contributed by atoms with Crippen molar-refractivity contribution in [3.63, 3.8) is 0 Å². The van der Waals surface area contributed by atoms with Crippen molar-refractivity contribution in [2.45, 2.75) is 76.9 Å². The monoisotopic (exact) mass is 279 g/mol. The normalized spacial score (nSPS) is 17.6. The Balaban J connectivity index is 1.84. The number of allylic oxidation sites excluding steroid dienone is 2. The Labute approximate surface area is 124 Å². The quantitative estimate of drug-likeness (QED) is 0.405. The zero-order chi connectivity index (χ0) is 14.5. The van der Waals surface area contributed by atoms with E-state index in [1.165, 1.54) is 38.5 Å². The van der Waals surface area contributed by atoms with Gasteiger partial charge in [-0.25, -0.2) is 0 Å². The van der Waals surface area contributed by atoms with Crippen molar-refractivity contribution in [2.75, 3.05) is 13.2 Å². The molecule has 0 aliphatic carbocycles. The summed E-state index contributed by atoms with van der Waals surface area (Å²) in [5.41, 5.74) is 0. The lowest BCUT2D eigenvalue weighted by Gasteiger charge is -2.20. The van der Waals surface area contributed by atoms with E-state index in [1.54, 1.807) is 0 Å². The summed E-state index contributed by atoms with van der Waals surface area (Å²) in [6.45, 7) is 3.49. The lowest BCUT2D eigenvalue weighted by atomic mass is 10.1. The van der Waals surface area contributed by atoms with E-state index in [-0.39, 0.29) is 5.79 Å². The number of nitriles is 1. The van der Waals surface area contributed by atoms with Crippen LogP contribution in [0.1, 0.15) is 71.1 Å². The SMILES string of the molecule is CC1(CC/C=C/CCCCCCCCC#N)OCCO1. The van der Waals surface area contributed by atoms with Crippen molar-refractivity contribution in [3.05, 3.63) is 12.2 Å². The molecule has 20 heavy (non-hydrogen) atoms. The average Bonchev–Trinajstić information content (AvgIpc) is 2.87. The lowest BCUT2D eigenvalue weighted by Crippen LogP contribution is -2.24. The number of hydrogen-bond acceptors (Lipinski definition) is 3. The predicted octanol–water partition coefficient (Wildman–Crippen LogP) is 4.73. The smallest absolute Gasteiger partial charge is 0.166 e. The van der Waals surface area contributed by atoms with Crippen LogP contribution in [0.25, 0.3) is 0 Å². The molecule has 1 saturated heterocycles. The van der Waals surface area contributed by atoms with Gasteiger partial charge in [-0.2, -0.15) is 5.26 Å². The third-order valence-corrected chi connectivity index (χ3v) is 3.74. The van der Waals surface area contributed by atoms with Gasteiger partial charge >= 0.3 is 0 Å². The van der Waals surface area contributed by atoms with Gasteiger partial charge in [0.15, 0.2) is 5.79 Å². The van der Waals surface area contributed by atoms with E-state index in [2.05, 4.69) is 18.2 Å². The van der Waals surface area contributed by atoms with E-state index in [0.717, 1.165) is 38.9 Å². The molecule has 1 heterocycles. The summed E-state index contributed by atoms with van der Waals surface area (Å²) >= 11 is 0. The standard InChI is InChI=1S/C17H29NO2/c1-17(19-15-16-20-17)13-11-9-7-5-3-2-4-6-8-10-12-14-18/h7,9H,2-6,8,10-13,15-16H2,1H3/b9-7+. The van der Waals surface area contributed by atoms with Gasteiger partial charge in [0.2, 0.25) is 0 Å². The Hall–Kier alpha value is -0.850. The first kappa shape index (κ1) is 17.2. The maximum atomic E-state index is 8.42. The minimum absolute atomic E-state index is 0.340. The van der Waals surface area contributed by atoms with Crippen LogP contribution in [0.5, 0.6) is 0 Å². The molecule has 114 valence electrons. The van der Waals surface area contributed by atoms with Gasteiger partial charge in [0.25, 0.3) is 0 Å². The Morgan fingerprint density at radius 1 is 0.950 bits per heavy atom. The fourth-order valence-corrected chi connectivity index (χ4v) is 2.46. The molecule has 0 unspecified atom stereocenters. The van der Waals surface area contributed by atoms with Crippen molar-refractivity contribution in [3.8, 4) is 6.07 Å². The fourth-order valence-electron chi connectivity index (χ4n) is 2.46. The highest BCUT2D eigenvalue weighted by Crippen LogP contribution is 2.24. The summed E-state index contributed by atoms with van der Waals surface area (Å²) in [7, 11) is 0. The molecule has 1 fully saturated rings. The maximum absolute atomic E-state index is 8.42. The van der Waals surface area contributed by atoms with E-state index in [1.807, 2.05) is 6.92 Å². The van der Waals surface area contributed by atoms with E-state index in [9.17, 15) is 0 Å². The van der Waals surface area contributed by atoms with Crippen molar-refractivity contribution in [2.24, 2.45) is 0 Å². The molecule has 3 heteroatoms. The summed E-state index contributed by atoms with van der Waals surface area (Å²) in [4.78, 5) is 0. The van der Waals surface area contributed by atoms with Crippen LogP contribution < -0.4 is 0 Å². The van der Waals surface area contributed by atoms with Gasteiger partial charge in [-0.3, -0.25) is 0 Å². The Bertz CT molecular complexity index is 301. The summed E-state index contributed by atoms with van der Waals surface area (Å²) in [6.07, 6.45) is 15.9. The zero-order valence-electron chi connectivity index (χ0n) is 12.9. The molecule has 1 aliphatic rings. The second kappa shape index (κ2) is 10.9. The predicted molar refractivity (Wildman–Crippen MR) is 81.2 cm³/mol. The maximum Gasteiger partial charge on any atom is 0.166 e. The molecule has 3 nitrogen and oxygen atoms in total. The second-order valence-electron chi connectivity index (χ2n) is 5.66. The minimum Gasteiger partial charge on any atom is -0.348 e. The molecule has 1 rings (SSSR count). The van der Waals surface area contributed by atoms with Crippen LogP contribution in [0.2, 0.25) is 0 Å². The molecule has 0 N–H and O–H groups in total. The van der Waals surface area contributed by atoms with Crippen LogP contribution in [-0.2, 0) is 9.47 Å². The van der Waals surface area contributed by atoms with E-state index in [4.69, 9.17) is 14.7 Å². The topological polar surface area (TPSA) is 42.2 Å². The zero-order valence-corrected chi connectivity index (χ0v) is 12.9. The number of unbranched alkanes of at least 4 members (excludes halogenated alkanes) is 7. The third kappa shape index (κ3) is 8.35. The Kier molecular flexibility index (Phi) is 9.36. The molecule has 1 aliphatic heterocycles. The van der Waals surface area contributed by atoms with Crippen LogP contribution in [0.3, 0.4) is 0 Å². The van der Waals surface area contributed by atoms with Gasteiger partial charge in [-0.15, -0.1) is 0 Å². The minimum atomic E-state index is -0.340. The molecule has 0 aromatic heterocycles. The number of nitrogens with zero attached hydrogens (tertiary/aromatic N) is 1. The molecule has 0 saturated carbocycles. The molecule has 0 bridgehead atoms. The van der Waals surface area contributed by atoms with Crippen LogP contribution in [-0.4, -0.2) is 19.0 Å². The summed E-state index contributed by atoms with van der Waals surface area (Å²) in [5.74, 6) is -0.340. The summed E-state index contributed by atoms with van der Waals surface area (Å²) < 4.78 is 11.1. The first-order chi connectivity index (χ1) is 9.77. The van der Waals surface area contributed by atoms with Crippen molar-refractivity contribution in [1.82, 2.24) is 0 Å². The first-order valence-electron chi connectivity index (χ1n) is 8.07.